The predicted molar refractivity (Wildman–Crippen MR) is 133 cm³/mol. The summed E-state index contributed by atoms with van der Waals surface area (Å²) >= 11 is 0. The summed E-state index contributed by atoms with van der Waals surface area (Å²) in [7, 11) is 0. The summed E-state index contributed by atoms with van der Waals surface area (Å²) in [4.78, 5) is 4.44. The number of aromatic nitrogens is 2. The van der Waals surface area contributed by atoms with Gasteiger partial charge in [-0.05, 0) is 97.1 Å². The molecule has 6 rings (SSSR count). The van der Waals surface area contributed by atoms with E-state index < -0.39 is 0 Å². The van der Waals surface area contributed by atoms with E-state index >= 15 is 0 Å². The van der Waals surface area contributed by atoms with E-state index in [1.807, 2.05) is 20.2 Å². The molecular formula is C29H38N2O2. The summed E-state index contributed by atoms with van der Waals surface area (Å²) < 4.78 is 13.3. The molecule has 0 amide bonds. The highest BCUT2D eigenvalue weighted by Gasteiger charge is 2.33. The van der Waals surface area contributed by atoms with Gasteiger partial charge in [-0.15, -0.1) is 0 Å². The number of fused-ring (bicyclic) bond motifs is 1. The number of rotatable bonds is 6. The molecule has 3 heterocycles. The molecule has 3 fully saturated rings. The molecule has 1 atom stereocenters. The predicted octanol–water partition coefficient (Wildman–Crippen LogP) is 7.09. The zero-order valence-electron chi connectivity index (χ0n) is 20.4. The van der Waals surface area contributed by atoms with E-state index in [0.717, 1.165) is 30.8 Å². The Kier molecular flexibility index (Phi) is 6.73. The highest BCUT2D eigenvalue weighted by atomic mass is 16.6. The molecule has 1 unspecified atom stereocenters. The van der Waals surface area contributed by atoms with E-state index in [0.29, 0.717) is 11.8 Å². The molecule has 176 valence electrons. The van der Waals surface area contributed by atoms with Gasteiger partial charge in [-0.1, -0.05) is 32.9 Å². The third-order valence-electron chi connectivity index (χ3n) is 7.88. The van der Waals surface area contributed by atoms with Crippen LogP contribution in [0.15, 0.2) is 49.1 Å². The Bertz CT molecular complexity index is 1040. The van der Waals surface area contributed by atoms with Gasteiger partial charge in [-0.25, -0.2) is 4.98 Å². The van der Waals surface area contributed by atoms with Gasteiger partial charge in [-0.3, -0.25) is 0 Å². The lowest BCUT2D eigenvalue weighted by Gasteiger charge is -2.34. The third-order valence-corrected chi connectivity index (χ3v) is 7.88. The molecule has 4 heteroatoms. The van der Waals surface area contributed by atoms with Crippen molar-refractivity contribution < 1.29 is 9.47 Å². The molecule has 3 aliphatic rings. The largest absolute Gasteiger partial charge is 0.486 e. The number of benzene rings is 1. The number of pyridine rings is 1. The van der Waals surface area contributed by atoms with Gasteiger partial charge in [0.05, 0.1) is 31.3 Å². The summed E-state index contributed by atoms with van der Waals surface area (Å²) in [5, 5.41) is 0. The molecular weight excluding hydrogens is 408 g/mol. The van der Waals surface area contributed by atoms with Crippen LogP contribution in [0.3, 0.4) is 0 Å². The summed E-state index contributed by atoms with van der Waals surface area (Å²) in [6, 6.07) is 11.2. The molecule has 2 saturated carbocycles. The Morgan fingerprint density at radius 2 is 1.64 bits per heavy atom. The highest BCUT2D eigenvalue weighted by molar-refractivity contribution is 5.60. The second-order valence-corrected chi connectivity index (χ2v) is 9.89. The SMILES string of the molecule is CC.CC(c1c(C2CC2)ccn2cncc12)C1CCC(c2ccc(OC3COC3)cc2)CC1. The number of hydrogen-bond acceptors (Lipinski definition) is 3. The van der Waals surface area contributed by atoms with Crippen molar-refractivity contribution in [2.24, 2.45) is 5.92 Å². The molecule has 1 aromatic carbocycles. The first-order valence-electron chi connectivity index (χ1n) is 13.0. The zero-order valence-corrected chi connectivity index (χ0v) is 20.4. The van der Waals surface area contributed by atoms with Crippen molar-refractivity contribution in [3.8, 4) is 5.75 Å². The lowest BCUT2D eigenvalue weighted by atomic mass is 9.71. The molecule has 3 aromatic rings. The van der Waals surface area contributed by atoms with Gasteiger partial charge >= 0.3 is 0 Å². The van der Waals surface area contributed by atoms with Crippen LogP contribution in [0.1, 0.15) is 93.7 Å². The average molecular weight is 447 g/mol. The van der Waals surface area contributed by atoms with Crippen molar-refractivity contribution in [2.75, 3.05) is 13.2 Å². The summed E-state index contributed by atoms with van der Waals surface area (Å²) in [6.07, 6.45) is 14.4. The van der Waals surface area contributed by atoms with Gasteiger partial charge in [0.1, 0.15) is 11.9 Å². The molecule has 1 aliphatic heterocycles. The van der Waals surface area contributed by atoms with Crippen LogP contribution in [-0.2, 0) is 4.74 Å². The molecule has 33 heavy (non-hydrogen) atoms. The maximum Gasteiger partial charge on any atom is 0.145 e. The number of ether oxygens (including phenoxy) is 2. The molecule has 1 saturated heterocycles. The first kappa shape index (κ1) is 22.5. The first-order valence-corrected chi connectivity index (χ1v) is 13.0. The van der Waals surface area contributed by atoms with Crippen LogP contribution < -0.4 is 4.74 Å². The van der Waals surface area contributed by atoms with Crippen LogP contribution in [0, 0.1) is 5.92 Å². The van der Waals surface area contributed by atoms with Gasteiger partial charge in [0.2, 0.25) is 0 Å². The Hall–Kier alpha value is -2.33. The summed E-state index contributed by atoms with van der Waals surface area (Å²) in [5.41, 5.74) is 5.97. The topological polar surface area (TPSA) is 35.8 Å². The van der Waals surface area contributed by atoms with Gasteiger partial charge in [-0.2, -0.15) is 0 Å². The average Bonchev–Trinajstić information content (AvgIpc) is 3.58. The highest BCUT2D eigenvalue weighted by Crippen LogP contribution is 2.48. The molecule has 0 radical (unpaired) electrons. The lowest BCUT2D eigenvalue weighted by molar-refractivity contribution is -0.0796. The van der Waals surface area contributed by atoms with Gasteiger partial charge < -0.3 is 13.9 Å². The Morgan fingerprint density at radius 1 is 0.939 bits per heavy atom. The van der Waals surface area contributed by atoms with E-state index in [2.05, 4.69) is 59.0 Å². The van der Waals surface area contributed by atoms with E-state index in [-0.39, 0.29) is 6.10 Å². The zero-order chi connectivity index (χ0) is 22.8. The Balaban J connectivity index is 0.00000111. The fraction of sp³-hybridized carbons (Fsp3) is 0.552. The fourth-order valence-electron chi connectivity index (χ4n) is 5.76. The lowest BCUT2D eigenvalue weighted by Crippen LogP contribution is -2.38. The molecule has 0 bridgehead atoms. The molecule has 0 spiro atoms. The van der Waals surface area contributed by atoms with Crippen LogP contribution in [0.5, 0.6) is 5.75 Å². The monoisotopic (exact) mass is 446 g/mol. The second-order valence-electron chi connectivity index (χ2n) is 9.89. The van der Waals surface area contributed by atoms with E-state index in [1.54, 1.807) is 11.1 Å². The fourth-order valence-corrected chi connectivity index (χ4v) is 5.76. The molecule has 2 aromatic heterocycles. The van der Waals surface area contributed by atoms with Gasteiger partial charge in [0.25, 0.3) is 0 Å². The minimum atomic E-state index is 0.239. The van der Waals surface area contributed by atoms with Crippen molar-refractivity contribution in [3.63, 3.8) is 0 Å². The Labute approximate surface area is 198 Å². The number of hydrogen-bond donors (Lipinski definition) is 0. The van der Waals surface area contributed by atoms with Gasteiger partial charge in [0.15, 0.2) is 0 Å². The van der Waals surface area contributed by atoms with Crippen molar-refractivity contribution in [1.82, 2.24) is 9.38 Å². The minimum absolute atomic E-state index is 0.239. The standard InChI is InChI=1S/C27H32N2O2.C2H6/c1-18(27-25(22-6-7-22)12-13-29-17-28-14-26(27)29)19-2-4-20(5-3-19)21-8-10-23(11-9-21)31-24-15-30-16-24;1-2/h8-14,17-20,22,24H,2-7,15-16H2,1H3;1-2H3. The van der Waals surface area contributed by atoms with E-state index in [9.17, 15) is 0 Å². The second kappa shape index (κ2) is 9.89. The maximum atomic E-state index is 5.92. The van der Waals surface area contributed by atoms with Gasteiger partial charge in [0, 0.05) is 6.20 Å². The van der Waals surface area contributed by atoms with E-state index in [1.165, 1.54) is 49.6 Å². The van der Waals surface area contributed by atoms with Crippen LogP contribution >= 0.6 is 0 Å². The van der Waals surface area contributed by atoms with Crippen molar-refractivity contribution >= 4 is 5.52 Å². The minimum Gasteiger partial charge on any atom is -0.486 e. The maximum absolute atomic E-state index is 5.92. The smallest absolute Gasteiger partial charge is 0.145 e. The van der Waals surface area contributed by atoms with Crippen LogP contribution in [0.25, 0.3) is 5.52 Å². The molecule has 4 nitrogen and oxygen atoms in total. The molecule has 2 aliphatic carbocycles. The first-order chi connectivity index (χ1) is 16.3. The summed E-state index contributed by atoms with van der Waals surface area (Å²) in [5.74, 6) is 3.79. The van der Waals surface area contributed by atoms with Crippen LogP contribution in [-0.4, -0.2) is 28.7 Å². The molecule has 0 N–H and O–H groups in total. The third kappa shape index (κ3) is 4.68. The van der Waals surface area contributed by atoms with Crippen molar-refractivity contribution in [2.45, 2.75) is 83.2 Å². The van der Waals surface area contributed by atoms with Crippen LogP contribution in [0.4, 0.5) is 0 Å². The van der Waals surface area contributed by atoms with Crippen molar-refractivity contribution in [3.05, 3.63) is 65.7 Å². The number of nitrogens with zero attached hydrogens (tertiary/aromatic N) is 2. The normalized spacial score (nSPS) is 24.0. The quantitative estimate of drug-likeness (QED) is 0.405. The van der Waals surface area contributed by atoms with Crippen LogP contribution in [0.2, 0.25) is 0 Å². The van der Waals surface area contributed by atoms with E-state index in [4.69, 9.17) is 9.47 Å². The number of imidazole rings is 1. The van der Waals surface area contributed by atoms with Crippen molar-refractivity contribution in [1.29, 1.82) is 0 Å². The summed E-state index contributed by atoms with van der Waals surface area (Å²) in [6.45, 7) is 7.91. The Morgan fingerprint density at radius 3 is 2.27 bits per heavy atom.